The van der Waals surface area contributed by atoms with E-state index in [-0.39, 0.29) is 17.6 Å². The van der Waals surface area contributed by atoms with Crippen molar-refractivity contribution in [3.05, 3.63) is 77.3 Å². The van der Waals surface area contributed by atoms with Crippen molar-refractivity contribution in [3.8, 4) is 16.3 Å². The number of thiazole rings is 1. The number of nitrogens with zero attached hydrogens (tertiary/aromatic N) is 1. The van der Waals surface area contributed by atoms with Gasteiger partial charge in [0.2, 0.25) is 0 Å². The summed E-state index contributed by atoms with van der Waals surface area (Å²) in [6.45, 7) is -0.128. The number of carbonyl (C=O) groups is 1. The van der Waals surface area contributed by atoms with Crippen molar-refractivity contribution in [2.24, 2.45) is 0 Å². The summed E-state index contributed by atoms with van der Waals surface area (Å²) in [5.74, 6) is 0.285. The summed E-state index contributed by atoms with van der Waals surface area (Å²) in [5.41, 5.74) is 2.59. The molecule has 8 heteroatoms. The molecule has 0 fully saturated rings. The molecule has 0 radical (unpaired) electrons. The second-order valence-electron chi connectivity index (χ2n) is 6.28. The fourth-order valence-electron chi connectivity index (χ4n) is 2.77. The van der Waals surface area contributed by atoms with Crippen LogP contribution in [0.2, 0.25) is 0 Å². The topological polar surface area (TPSA) is 63.2 Å². The van der Waals surface area contributed by atoms with E-state index >= 15 is 0 Å². The van der Waals surface area contributed by atoms with Crippen molar-refractivity contribution in [2.45, 2.75) is 0 Å². The van der Waals surface area contributed by atoms with Crippen molar-refractivity contribution >= 4 is 66.4 Å². The molecule has 0 spiro atoms. The standard InChI is InChI=1S/C22H16BrN3O2S2/c23-14-10-11-17(16(12-14)21-24-18-8-4-5-9-19(18)30-21)25-22(29)26-20(27)13-28-15-6-2-1-3-7-15/h1-12H,13H2,(H2,25,26,27,29). The maximum Gasteiger partial charge on any atom is 0.264 e. The predicted molar refractivity (Wildman–Crippen MR) is 129 cm³/mol. The van der Waals surface area contributed by atoms with Gasteiger partial charge in [-0.05, 0) is 54.7 Å². The number of halogens is 1. The van der Waals surface area contributed by atoms with E-state index in [0.717, 1.165) is 30.9 Å². The number of fused-ring (bicyclic) bond motifs is 1. The quantitative estimate of drug-likeness (QED) is 0.350. The Kier molecular flexibility index (Phi) is 6.37. The molecular formula is C22H16BrN3O2S2. The SMILES string of the molecule is O=C(COc1ccccc1)NC(=S)Nc1ccc(Br)cc1-c1nc2ccccc2s1. The van der Waals surface area contributed by atoms with E-state index in [9.17, 15) is 4.79 Å². The number of aromatic nitrogens is 1. The van der Waals surface area contributed by atoms with Crippen LogP contribution in [0.15, 0.2) is 77.3 Å². The predicted octanol–water partition coefficient (Wildman–Crippen LogP) is 5.62. The van der Waals surface area contributed by atoms with Gasteiger partial charge in [-0.2, -0.15) is 0 Å². The number of anilines is 1. The molecular weight excluding hydrogens is 482 g/mol. The lowest BCUT2D eigenvalue weighted by Crippen LogP contribution is -2.37. The summed E-state index contributed by atoms with van der Waals surface area (Å²) in [5, 5.41) is 6.80. The highest BCUT2D eigenvalue weighted by Gasteiger charge is 2.13. The molecule has 0 atom stereocenters. The average Bonchev–Trinajstić information content (AvgIpc) is 3.18. The number of benzene rings is 3. The summed E-state index contributed by atoms with van der Waals surface area (Å²) in [4.78, 5) is 16.9. The van der Waals surface area contributed by atoms with Gasteiger partial charge in [0.25, 0.3) is 5.91 Å². The molecule has 0 saturated carbocycles. The number of para-hydroxylation sites is 2. The van der Waals surface area contributed by atoms with Crippen LogP contribution in [0.25, 0.3) is 20.8 Å². The Morgan fingerprint density at radius 3 is 2.63 bits per heavy atom. The van der Waals surface area contributed by atoms with Crippen molar-refractivity contribution in [1.29, 1.82) is 0 Å². The first-order valence-electron chi connectivity index (χ1n) is 9.03. The van der Waals surface area contributed by atoms with Gasteiger partial charge in [0.1, 0.15) is 10.8 Å². The van der Waals surface area contributed by atoms with Gasteiger partial charge in [-0.25, -0.2) is 4.98 Å². The largest absolute Gasteiger partial charge is 0.484 e. The second kappa shape index (κ2) is 9.34. The smallest absolute Gasteiger partial charge is 0.264 e. The highest BCUT2D eigenvalue weighted by Crippen LogP contribution is 2.36. The Morgan fingerprint density at radius 2 is 1.83 bits per heavy atom. The molecule has 30 heavy (non-hydrogen) atoms. The van der Waals surface area contributed by atoms with Gasteiger partial charge in [-0.3, -0.25) is 10.1 Å². The molecule has 0 aliphatic carbocycles. The lowest BCUT2D eigenvalue weighted by Gasteiger charge is -2.13. The Labute approximate surface area is 191 Å². The average molecular weight is 498 g/mol. The number of carbonyl (C=O) groups excluding carboxylic acids is 1. The van der Waals surface area contributed by atoms with Gasteiger partial charge in [-0.1, -0.05) is 46.3 Å². The van der Waals surface area contributed by atoms with Crippen molar-refractivity contribution < 1.29 is 9.53 Å². The van der Waals surface area contributed by atoms with E-state index in [1.165, 1.54) is 0 Å². The highest BCUT2D eigenvalue weighted by molar-refractivity contribution is 9.10. The fourth-order valence-corrected chi connectivity index (χ4v) is 4.35. The van der Waals surface area contributed by atoms with Crippen LogP contribution >= 0.6 is 39.5 Å². The number of hydrogen-bond acceptors (Lipinski definition) is 5. The molecule has 1 amide bonds. The molecule has 1 heterocycles. The summed E-state index contributed by atoms with van der Waals surface area (Å²) in [7, 11) is 0. The lowest BCUT2D eigenvalue weighted by molar-refractivity contribution is -0.121. The van der Waals surface area contributed by atoms with Crippen LogP contribution in [0.4, 0.5) is 5.69 Å². The molecule has 4 aromatic rings. The Bertz CT molecular complexity index is 1180. The van der Waals surface area contributed by atoms with Crippen LogP contribution in [0.5, 0.6) is 5.75 Å². The van der Waals surface area contributed by atoms with E-state index in [0.29, 0.717) is 5.75 Å². The molecule has 0 bridgehead atoms. The molecule has 3 aromatic carbocycles. The summed E-state index contributed by atoms with van der Waals surface area (Å²) in [6.07, 6.45) is 0. The minimum atomic E-state index is -0.338. The van der Waals surface area contributed by atoms with Crippen LogP contribution in [-0.2, 0) is 4.79 Å². The molecule has 2 N–H and O–H groups in total. The molecule has 1 aromatic heterocycles. The molecule has 0 aliphatic rings. The molecule has 0 unspecified atom stereocenters. The number of nitrogens with one attached hydrogen (secondary N) is 2. The Balaban J connectivity index is 1.46. The van der Waals surface area contributed by atoms with Gasteiger partial charge in [0.15, 0.2) is 11.7 Å². The van der Waals surface area contributed by atoms with E-state index in [1.54, 1.807) is 23.5 Å². The van der Waals surface area contributed by atoms with Gasteiger partial charge in [0, 0.05) is 10.0 Å². The third-order valence-corrected chi connectivity index (χ3v) is 5.89. The number of ether oxygens (including phenoxy) is 1. The summed E-state index contributed by atoms with van der Waals surface area (Å²) in [6, 6.07) is 22.9. The number of amides is 1. The van der Waals surface area contributed by atoms with Gasteiger partial charge < -0.3 is 10.1 Å². The van der Waals surface area contributed by atoms with Gasteiger partial charge in [-0.15, -0.1) is 11.3 Å². The Hall–Kier alpha value is -2.81. The monoisotopic (exact) mass is 497 g/mol. The van der Waals surface area contributed by atoms with Crippen LogP contribution < -0.4 is 15.4 Å². The van der Waals surface area contributed by atoms with Crippen LogP contribution in [0, 0.1) is 0 Å². The first-order chi connectivity index (χ1) is 14.6. The number of rotatable bonds is 5. The zero-order valence-electron chi connectivity index (χ0n) is 15.6. The van der Waals surface area contributed by atoms with E-state index in [4.69, 9.17) is 21.9 Å². The molecule has 0 aliphatic heterocycles. The lowest BCUT2D eigenvalue weighted by atomic mass is 10.2. The summed E-state index contributed by atoms with van der Waals surface area (Å²) >= 11 is 10.4. The molecule has 0 saturated heterocycles. The molecule has 150 valence electrons. The third-order valence-electron chi connectivity index (χ3n) is 4.12. The highest BCUT2D eigenvalue weighted by atomic mass is 79.9. The van der Waals surface area contributed by atoms with Gasteiger partial charge >= 0.3 is 0 Å². The van der Waals surface area contributed by atoms with Gasteiger partial charge in [0.05, 0.1) is 15.9 Å². The van der Waals surface area contributed by atoms with Crippen molar-refractivity contribution in [3.63, 3.8) is 0 Å². The van der Waals surface area contributed by atoms with Crippen LogP contribution in [0.3, 0.4) is 0 Å². The fraction of sp³-hybridized carbons (Fsp3) is 0.0455. The second-order valence-corrected chi connectivity index (χ2v) is 8.64. The van der Waals surface area contributed by atoms with E-state index < -0.39 is 0 Å². The Morgan fingerprint density at radius 1 is 1.07 bits per heavy atom. The minimum absolute atomic E-state index is 0.128. The molecule has 4 rings (SSSR count). The zero-order valence-corrected chi connectivity index (χ0v) is 18.8. The molecule has 5 nitrogen and oxygen atoms in total. The third kappa shape index (κ3) is 5.02. The van der Waals surface area contributed by atoms with Crippen LogP contribution in [0.1, 0.15) is 0 Å². The number of hydrogen-bond donors (Lipinski definition) is 2. The van der Waals surface area contributed by atoms with Crippen LogP contribution in [-0.4, -0.2) is 22.6 Å². The van der Waals surface area contributed by atoms with Crippen molar-refractivity contribution in [2.75, 3.05) is 11.9 Å². The maximum absolute atomic E-state index is 12.2. The van der Waals surface area contributed by atoms with E-state index in [2.05, 4.69) is 26.6 Å². The first kappa shape index (κ1) is 20.5. The minimum Gasteiger partial charge on any atom is -0.484 e. The normalized spacial score (nSPS) is 10.6. The number of thiocarbonyl (C=S) groups is 1. The van der Waals surface area contributed by atoms with E-state index in [1.807, 2.05) is 60.7 Å². The first-order valence-corrected chi connectivity index (χ1v) is 11.0. The summed E-state index contributed by atoms with van der Waals surface area (Å²) < 4.78 is 7.48. The van der Waals surface area contributed by atoms with Crippen molar-refractivity contribution in [1.82, 2.24) is 10.3 Å². The zero-order chi connectivity index (χ0) is 20.9. The maximum atomic E-state index is 12.2.